The maximum absolute atomic E-state index is 14.8. The summed E-state index contributed by atoms with van der Waals surface area (Å²) in [6, 6.07) is 7.66. The summed E-state index contributed by atoms with van der Waals surface area (Å²) in [7, 11) is 3.32. The summed E-state index contributed by atoms with van der Waals surface area (Å²) in [6.07, 6.45) is -2.49. The Morgan fingerprint density at radius 2 is 1.79 bits per heavy atom. The van der Waals surface area contributed by atoms with Gasteiger partial charge < -0.3 is 9.88 Å². The van der Waals surface area contributed by atoms with Gasteiger partial charge in [-0.25, -0.2) is 4.39 Å². The van der Waals surface area contributed by atoms with Gasteiger partial charge in [0.1, 0.15) is 17.4 Å². The second-order valence-corrected chi connectivity index (χ2v) is 6.84. The highest BCUT2D eigenvalue weighted by Gasteiger charge is 2.30. The van der Waals surface area contributed by atoms with Gasteiger partial charge in [-0.2, -0.15) is 18.4 Å². The van der Waals surface area contributed by atoms with Crippen LogP contribution < -0.4 is 10.3 Å². The number of hydrogen-bond acceptors (Lipinski definition) is 3. The molecule has 0 fully saturated rings. The zero-order valence-corrected chi connectivity index (χ0v) is 15.7. The second-order valence-electron chi connectivity index (χ2n) is 6.84. The Hall–Kier alpha value is -3.34. The maximum atomic E-state index is 14.8. The number of aromatic amines is 1. The molecule has 0 bridgehead atoms. The molecule has 3 rings (SSSR count). The maximum Gasteiger partial charge on any atom is 0.416 e. The third-order valence-corrected chi connectivity index (χ3v) is 4.72. The molecule has 0 unspecified atom stereocenters. The van der Waals surface area contributed by atoms with Gasteiger partial charge in [0, 0.05) is 25.9 Å². The number of nitrogens with one attached hydrogen (secondary N) is 1. The molecular formula is C21H17F4N3O. The number of aryl methyl sites for hydroxylation is 2. The van der Waals surface area contributed by atoms with Gasteiger partial charge in [0.05, 0.1) is 22.2 Å². The number of alkyl halides is 3. The Balaban J connectivity index is 2.05. The molecule has 8 heteroatoms. The lowest BCUT2D eigenvalue weighted by Gasteiger charge is -2.20. The molecule has 0 aliphatic rings. The smallest absolute Gasteiger partial charge is 0.375 e. The van der Waals surface area contributed by atoms with Crippen LogP contribution in [0.1, 0.15) is 22.3 Å². The number of nitrogens with zero attached hydrogens (tertiary/aromatic N) is 2. The predicted octanol–water partition coefficient (Wildman–Crippen LogP) is 4.41. The number of benzene rings is 2. The Morgan fingerprint density at radius 1 is 1.14 bits per heavy atom. The molecule has 0 amide bonds. The number of H-pyrrole nitrogens is 1. The largest absolute Gasteiger partial charge is 0.416 e. The molecule has 0 aliphatic heterocycles. The van der Waals surface area contributed by atoms with Crippen molar-refractivity contribution in [3.05, 3.63) is 74.8 Å². The molecule has 0 radical (unpaired) electrons. The first-order chi connectivity index (χ1) is 13.6. The fourth-order valence-corrected chi connectivity index (χ4v) is 3.33. The number of fused-ring (bicyclic) bond motifs is 1. The zero-order valence-electron chi connectivity index (χ0n) is 15.7. The van der Waals surface area contributed by atoms with Crippen molar-refractivity contribution in [1.29, 1.82) is 5.26 Å². The summed E-state index contributed by atoms with van der Waals surface area (Å²) in [5, 5.41) is 9.10. The molecular weight excluding hydrogens is 386 g/mol. The molecule has 0 spiro atoms. The van der Waals surface area contributed by atoms with Gasteiger partial charge in [0.25, 0.3) is 0 Å². The molecule has 1 N–H and O–H groups in total. The van der Waals surface area contributed by atoms with E-state index in [0.29, 0.717) is 23.1 Å². The zero-order chi connectivity index (χ0) is 21.3. The topological polar surface area (TPSA) is 59.9 Å². The van der Waals surface area contributed by atoms with Crippen LogP contribution in [0, 0.1) is 17.1 Å². The van der Waals surface area contributed by atoms with Gasteiger partial charge in [-0.3, -0.25) is 4.79 Å². The van der Waals surface area contributed by atoms with Crippen LogP contribution in [0.3, 0.4) is 0 Å². The van der Waals surface area contributed by atoms with Gasteiger partial charge in [0.15, 0.2) is 0 Å². The van der Waals surface area contributed by atoms with Crippen molar-refractivity contribution in [2.45, 2.75) is 19.0 Å². The molecule has 0 saturated carbocycles. The van der Waals surface area contributed by atoms with Crippen LogP contribution in [0.4, 0.5) is 23.2 Å². The SMILES string of the molecule is CN(C)c1c(F)cc2c(=O)c(C#N)c[nH]c2c1CCc1ccc(C(F)(F)F)cc1. The van der Waals surface area contributed by atoms with E-state index < -0.39 is 23.0 Å². The van der Waals surface area contributed by atoms with Crippen LogP contribution in [0.2, 0.25) is 0 Å². The van der Waals surface area contributed by atoms with Crippen molar-refractivity contribution in [3.63, 3.8) is 0 Å². The van der Waals surface area contributed by atoms with Crippen LogP contribution >= 0.6 is 0 Å². The molecule has 0 aliphatic carbocycles. The van der Waals surface area contributed by atoms with E-state index in [2.05, 4.69) is 4.98 Å². The molecule has 1 heterocycles. The number of hydrogen-bond donors (Lipinski definition) is 1. The van der Waals surface area contributed by atoms with Crippen LogP contribution in [-0.2, 0) is 19.0 Å². The highest BCUT2D eigenvalue weighted by Crippen LogP contribution is 2.31. The molecule has 0 atom stereocenters. The van der Waals surface area contributed by atoms with Crippen LogP contribution in [-0.4, -0.2) is 19.1 Å². The molecule has 3 aromatic rings. The first kappa shape index (κ1) is 20.4. The first-order valence-electron chi connectivity index (χ1n) is 8.73. The van der Waals surface area contributed by atoms with E-state index in [1.165, 1.54) is 18.3 Å². The summed E-state index contributed by atoms with van der Waals surface area (Å²) in [6.45, 7) is 0. The van der Waals surface area contributed by atoms with E-state index in [4.69, 9.17) is 5.26 Å². The number of halogens is 4. The summed E-state index contributed by atoms with van der Waals surface area (Å²) in [4.78, 5) is 16.9. The fraction of sp³-hybridized carbons (Fsp3) is 0.238. The minimum atomic E-state index is -4.41. The van der Waals surface area contributed by atoms with E-state index in [0.717, 1.165) is 18.2 Å². The van der Waals surface area contributed by atoms with Crippen molar-refractivity contribution < 1.29 is 17.6 Å². The molecule has 29 heavy (non-hydrogen) atoms. The molecule has 4 nitrogen and oxygen atoms in total. The monoisotopic (exact) mass is 403 g/mol. The number of pyridine rings is 1. The number of nitriles is 1. The normalized spacial score (nSPS) is 11.5. The van der Waals surface area contributed by atoms with Crippen LogP contribution in [0.25, 0.3) is 10.9 Å². The van der Waals surface area contributed by atoms with Gasteiger partial charge in [0.2, 0.25) is 5.43 Å². The Kier molecular flexibility index (Phi) is 5.33. The Morgan fingerprint density at radius 3 is 2.34 bits per heavy atom. The molecule has 150 valence electrons. The predicted molar refractivity (Wildman–Crippen MR) is 102 cm³/mol. The second kappa shape index (κ2) is 7.59. The van der Waals surface area contributed by atoms with Crippen LogP contribution in [0.15, 0.2) is 41.3 Å². The minimum absolute atomic E-state index is 0.0644. The van der Waals surface area contributed by atoms with E-state index in [1.54, 1.807) is 25.1 Å². The van der Waals surface area contributed by atoms with Gasteiger partial charge >= 0.3 is 6.18 Å². The summed E-state index contributed by atoms with van der Waals surface area (Å²) >= 11 is 0. The quantitative estimate of drug-likeness (QED) is 0.657. The minimum Gasteiger partial charge on any atom is -0.375 e. The molecule has 0 saturated heterocycles. The van der Waals surface area contributed by atoms with Gasteiger partial charge in [-0.1, -0.05) is 12.1 Å². The van der Waals surface area contributed by atoms with E-state index in [1.807, 2.05) is 0 Å². The number of aromatic nitrogens is 1. The Labute approximate surface area is 164 Å². The summed E-state index contributed by atoms with van der Waals surface area (Å²) < 4.78 is 52.9. The summed E-state index contributed by atoms with van der Waals surface area (Å²) in [5.41, 5.74) is 0.433. The highest BCUT2D eigenvalue weighted by molar-refractivity contribution is 5.88. The number of rotatable bonds is 4. The average molecular weight is 403 g/mol. The molecule has 1 aromatic heterocycles. The highest BCUT2D eigenvalue weighted by atomic mass is 19.4. The van der Waals surface area contributed by atoms with Crippen molar-refractivity contribution in [2.75, 3.05) is 19.0 Å². The Bertz CT molecular complexity index is 1160. The lowest BCUT2D eigenvalue weighted by molar-refractivity contribution is -0.137. The third-order valence-electron chi connectivity index (χ3n) is 4.72. The van der Waals surface area contributed by atoms with Gasteiger partial charge in [-0.05, 0) is 36.6 Å². The van der Waals surface area contributed by atoms with E-state index in [-0.39, 0.29) is 23.1 Å². The van der Waals surface area contributed by atoms with Crippen molar-refractivity contribution in [3.8, 4) is 6.07 Å². The van der Waals surface area contributed by atoms with Crippen molar-refractivity contribution in [2.24, 2.45) is 0 Å². The van der Waals surface area contributed by atoms with E-state index >= 15 is 0 Å². The fourth-order valence-electron chi connectivity index (χ4n) is 3.33. The lowest BCUT2D eigenvalue weighted by atomic mass is 9.97. The third kappa shape index (κ3) is 3.94. The van der Waals surface area contributed by atoms with E-state index in [9.17, 15) is 22.4 Å². The van der Waals surface area contributed by atoms with Crippen LogP contribution in [0.5, 0.6) is 0 Å². The first-order valence-corrected chi connectivity index (χ1v) is 8.73. The van der Waals surface area contributed by atoms with Crippen molar-refractivity contribution >= 4 is 16.6 Å². The number of anilines is 1. The summed E-state index contributed by atoms with van der Waals surface area (Å²) in [5.74, 6) is -0.606. The average Bonchev–Trinajstić information content (AvgIpc) is 2.66. The van der Waals surface area contributed by atoms with Crippen molar-refractivity contribution in [1.82, 2.24) is 4.98 Å². The standard InChI is InChI=1S/C21H17F4N3O/c1-28(2)19-15(8-5-12-3-6-14(7-4-12)21(23,24)25)18-16(9-17(19)22)20(29)13(10-26)11-27-18/h3-4,6-7,9,11H,5,8H2,1-2H3,(H,27,29). The lowest BCUT2D eigenvalue weighted by Crippen LogP contribution is -2.17. The molecule has 2 aromatic carbocycles. The van der Waals surface area contributed by atoms with Gasteiger partial charge in [-0.15, -0.1) is 0 Å².